The van der Waals surface area contributed by atoms with Crippen molar-refractivity contribution >= 4 is 63.3 Å². The summed E-state index contributed by atoms with van der Waals surface area (Å²) in [5.74, 6) is -0.312. The molecule has 1 N–H and O–H groups in total. The van der Waals surface area contributed by atoms with Gasteiger partial charge in [-0.15, -0.1) is 11.3 Å². The Kier molecular flexibility index (Phi) is 6.52. The standard InChI is InChI=1S/C28H24IN5O3S/c1-32-23(12-14-30-32)28(37)34(29)20-10-6-17(7-11-20)27(36)33-15-13-18-16-24(26(35)31-19-8-9-19)38-25(18)21-4-2-3-5-22(21)33/h2-7,10-12,14,16,19H,8-9,13,15H2,1H3,(H,31,35). The van der Waals surface area contributed by atoms with E-state index in [9.17, 15) is 14.4 Å². The number of anilines is 2. The molecule has 2 aromatic carbocycles. The van der Waals surface area contributed by atoms with Crippen LogP contribution in [0.4, 0.5) is 11.4 Å². The highest BCUT2D eigenvalue weighted by Gasteiger charge is 2.29. The predicted molar refractivity (Wildman–Crippen MR) is 156 cm³/mol. The average Bonchev–Trinajstić information content (AvgIpc) is 3.53. The molecule has 0 saturated heterocycles. The highest BCUT2D eigenvalue weighted by molar-refractivity contribution is 14.1. The van der Waals surface area contributed by atoms with Crippen LogP contribution in [-0.4, -0.2) is 40.1 Å². The Morgan fingerprint density at radius 3 is 2.55 bits per heavy atom. The summed E-state index contributed by atoms with van der Waals surface area (Å²) in [4.78, 5) is 42.8. The molecule has 3 heterocycles. The number of carbonyl (C=O) groups is 3. The SMILES string of the molecule is Cn1nccc1C(=O)N(I)c1ccc(C(=O)N2CCc3cc(C(=O)NC4CC4)sc3-c3ccccc32)cc1. The molecular weight excluding hydrogens is 613 g/mol. The van der Waals surface area contributed by atoms with Gasteiger partial charge in [0.25, 0.3) is 17.7 Å². The molecule has 0 radical (unpaired) electrons. The lowest BCUT2D eigenvalue weighted by molar-refractivity contribution is 0.0952. The number of carbonyl (C=O) groups excluding carboxylic acids is 3. The molecule has 1 aliphatic heterocycles. The zero-order valence-corrected chi connectivity index (χ0v) is 23.5. The van der Waals surface area contributed by atoms with E-state index < -0.39 is 0 Å². The van der Waals surface area contributed by atoms with Crippen LogP contribution < -0.4 is 13.3 Å². The number of para-hydroxylation sites is 1. The van der Waals surface area contributed by atoms with Crippen molar-refractivity contribution in [2.24, 2.45) is 7.05 Å². The van der Waals surface area contributed by atoms with E-state index in [1.165, 1.54) is 19.1 Å². The van der Waals surface area contributed by atoms with Gasteiger partial charge in [-0.25, -0.2) is 3.11 Å². The number of thiophene rings is 1. The lowest BCUT2D eigenvalue weighted by Gasteiger charge is -2.23. The minimum absolute atomic E-state index is 0.0118. The first-order valence-electron chi connectivity index (χ1n) is 12.3. The van der Waals surface area contributed by atoms with Crippen molar-refractivity contribution in [2.75, 3.05) is 14.6 Å². The van der Waals surface area contributed by atoms with Crippen molar-refractivity contribution in [3.63, 3.8) is 0 Å². The summed E-state index contributed by atoms with van der Waals surface area (Å²) in [6, 6.07) is 18.9. The Morgan fingerprint density at radius 2 is 1.84 bits per heavy atom. The number of nitrogens with one attached hydrogen (secondary N) is 1. The van der Waals surface area contributed by atoms with Gasteiger partial charge in [0.2, 0.25) is 0 Å². The van der Waals surface area contributed by atoms with E-state index in [1.54, 1.807) is 43.6 Å². The maximum absolute atomic E-state index is 13.7. The molecular formula is C28H24IN5O3S. The second-order valence-electron chi connectivity index (χ2n) is 9.41. The zero-order chi connectivity index (χ0) is 26.4. The van der Waals surface area contributed by atoms with Crippen LogP contribution in [0.1, 0.15) is 48.9 Å². The molecule has 0 bridgehead atoms. The summed E-state index contributed by atoms with van der Waals surface area (Å²) in [5, 5.41) is 7.14. The number of halogens is 1. The van der Waals surface area contributed by atoms with Crippen LogP contribution in [0.2, 0.25) is 0 Å². The molecule has 2 aliphatic rings. The summed E-state index contributed by atoms with van der Waals surface area (Å²) >= 11 is 3.46. The molecule has 3 amide bonds. The molecule has 38 heavy (non-hydrogen) atoms. The number of aryl methyl sites for hydroxylation is 1. The van der Waals surface area contributed by atoms with Gasteiger partial charge < -0.3 is 10.2 Å². The molecule has 2 aromatic heterocycles. The monoisotopic (exact) mass is 637 g/mol. The number of amides is 3. The first kappa shape index (κ1) is 24.8. The Bertz CT molecular complexity index is 1560. The molecule has 6 rings (SSSR count). The van der Waals surface area contributed by atoms with Crippen LogP contribution in [0.3, 0.4) is 0 Å². The number of rotatable bonds is 5. The molecule has 0 unspecified atom stereocenters. The lowest BCUT2D eigenvalue weighted by Crippen LogP contribution is -2.32. The van der Waals surface area contributed by atoms with Gasteiger partial charge in [0.05, 0.1) is 39.1 Å². The molecule has 1 saturated carbocycles. The molecule has 0 atom stereocenters. The number of hydrogen-bond donors (Lipinski definition) is 1. The summed E-state index contributed by atoms with van der Waals surface area (Å²) in [7, 11) is 1.72. The third-order valence-electron chi connectivity index (χ3n) is 6.79. The fourth-order valence-corrected chi connectivity index (χ4v) is 6.31. The molecule has 1 aliphatic carbocycles. The minimum Gasteiger partial charge on any atom is -0.349 e. The molecule has 0 spiro atoms. The van der Waals surface area contributed by atoms with Crippen molar-refractivity contribution in [3.8, 4) is 10.4 Å². The average molecular weight is 638 g/mol. The number of fused-ring (bicyclic) bond motifs is 3. The van der Waals surface area contributed by atoms with Crippen LogP contribution in [0.25, 0.3) is 10.4 Å². The summed E-state index contributed by atoms with van der Waals surface area (Å²) in [6.07, 6.45) is 4.34. The van der Waals surface area contributed by atoms with Gasteiger partial charge in [0.15, 0.2) is 0 Å². The Balaban J connectivity index is 1.25. The van der Waals surface area contributed by atoms with Crippen molar-refractivity contribution in [1.29, 1.82) is 0 Å². The van der Waals surface area contributed by atoms with E-state index in [0.717, 1.165) is 39.4 Å². The molecule has 4 aromatic rings. The number of benzene rings is 2. The number of nitrogens with zero attached hydrogens (tertiary/aromatic N) is 4. The lowest BCUT2D eigenvalue weighted by atomic mass is 10.1. The zero-order valence-electron chi connectivity index (χ0n) is 20.6. The Labute approximate surface area is 237 Å². The van der Waals surface area contributed by atoms with Gasteiger partial charge in [-0.1, -0.05) is 18.2 Å². The van der Waals surface area contributed by atoms with E-state index in [0.29, 0.717) is 36.0 Å². The first-order chi connectivity index (χ1) is 18.4. The molecule has 1 fully saturated rings. The largest absolute Gasteiger partial charge is 0.349 e. The van der Waals surface area contributed by atoms with Gasteiger partial charge >= 0.3 is 0 Å². The normalized spacial score (nSPS) is 14.3. The topological polar surface area (TPSA) is 87.5 Å². The molecule has 8 nitrogen and oxygen atoms in total. The quantitative estimate of drug-likeness (QED) is 0.240. The van der Waals surface area contributed by atoms with Gasteiger partial charge in [-0.05, 0) is 67.3 Å². The fraction of sp³-hybridized carbons (Fsp3) is 0.214. The van der Waals surface area contributed by atoms with Gasteiger partial charge in [0, 0.05) is 41.8 Å². The van der Waals surface area contributed by atoms with E-state index in [2.05, 4.69) is 10.4 Å². The summed E-state index contributed by atoms with van der Waals surface area (Å²) in [6.45, 7) is 0.502. The summed E-state index contributed by atoms with van der Waals surface area (Å²) < 4.78 is 3.04. The summed E-state index contributed by atoms with van der Waals surface area (Å²) in [5.41, 5.74) is 4.56. The van der Waals surface area contributed by atoms with E-state index >= 15 is 0 Å². The third-order valence-corrected chi connectivity index (χ3v) is 9.00. The highest BCUT2D eigenvalue weighted by Crippen LogP contribution is 2.42. The Hall–Kier alpha value is -3.51. The van der Waals surface area contributed by atoms with E-state index in [1.807, 2.05) is 58.1 Å². The third kappa shape index (κ3) is 4.62. The smallest absolute Gasteiger partial charge is 0.285 e. The van der Waals surface area contributed by atoms with Crippen molar-refractivity contribution in [3.05, 3.63) is 88.6 Å². The highest BCUT2D eigenvalue weighted by atomic mass is 127. The van der Waals surface area contributed by atoms with Gasteiger partial charge in [-0.3, -0.25) is 19.1 Å². The fourth-order valence-electron chi connectivity index (χ4n) is 4.60. The number of hydrogen-bond acceptors (Lipinski definition) is 5. The van der Waals surface area contributed by atoms with E-state index in [4.69, 9.17) is 0 Å². The Morgan fingerprint density at radius 1 is 1.08 bits per heavy atom. The van der Waals surface area contributed by atoms with Crippen LogP contribution in [0.5, 0.6) is 0 Å². The second kappa shape index (κ2) is 9.99. The van der Waals surface area contributed by atoms with Crippen molar-refractivity contribution in [2.45, 2.75) is 25.3 Å². The first-order valence-corrected chi connectivity index (χ1v) is 14.1. The minimum atomic E-state index is -0.192. The number of aromatic nitrogens is 2. The van der Waals surface area contributed by atoms with Crippen LogP contribution >= 0.6 is 34.2 Å². The maximum atomic E-state index is 13.7. The van der Waals surface area contributed by atoms with Crippen LogP contribution in [0, 0.1) is 0 Å². The van der Waals surface area contributed by atoms with Crippen molar-refractivity contribution in [1.82, 2.24) is 15.1 Å². The van der Waals surface area contributed by atoms with Crippen molar-refractivity contribution < 1.29 is 14.4 Å². The maximum Gasteiger partial charge on any atom is 0.285 e. The van der Waals surface area contributed by atoms with Crippen LogP contribution in [0.15, 0.2) is 66.9 Å². The second-order valence-corrected chi connectivity index (χ2v) is 11.4. The van der Waals surface area contributed by atoms with Gasteiger partial charge in [-0.2, -0.15) is 5.10 Å². The van der Waals surface area contributed by atoms with Crippen LogP contribution in [-0.2, 0) is 13.5 Å². The molecule has 192 valence electrons. The predicted octanol–water partition coefficient (Wildman–Crippen LogP) is 5.24. The molecule has 10 heteroatoms. The van der Waals surface area contributed by atoms with Gasteiger partial charge in [0.1, 0.15) is 5.69 Å². The van der Waals surface area contributed by atoms with E-state index in [-0.39, 0.29) is 17.7 Å².